The fourth-order valence-electron chi connectivity index (χ4n) is 2.79. The SMILES string of the molecule is CC(OC(=O)c1ccccc1C(=O)c1ccccc1)c1cccc([N+](=O)[O-])c1. The lowest BCUT2D eigenvalue weighted by Crippen LogP contribution is -2.14. The van der Waals surface area contributed by atoms with Crippen LogP contribution in [0.2, 0.25) is 0 Å². The van der Waals surface area contributed by atoms with Crippen molar-refractivity contribution in [2.45, 2.75) is 13.0 Å². The van der Waals surface area contributed by atoms with Gasteiger partial charge in [-0.25, -0.2) is 4.79 Å². The van der Waals surface area contributed by atoms with Crippen LogP contribution in [0.5, 0.6) is 0 Å². The quantitative estimate of drug-likeness (QED) is 0.269. The Morgan fingerprint density at radius 3 is 2.21 bits per heavy atom. The third-order valence-electron chi connectivity index (χ3n) is 4.26. The number of ether oxygens (including phenoxy) is 1. The summed E-state index contributed by atoms with van der Waals surface area (Å²) in [7, 11) is 0. The molecule has 1 atom stereocenters. The average molecular weight is 375 g/mol. The highest BCUT2D eigenvalue weighted by atomic mass is 16.6. The fraction of sp³-hybridized carbons (Fsp3) is 0.0909. The average Bonchev–Trinajstić information content (AvgIpc) is 2.73. The van der Waals surface area contributed by atoms with Gasteiger partial charge < -0.3 is 4.74 Å². The first-order valence-electron chi connectivity index (χ1n) is 8.61. The van der Waals surface area contributed by atoms with E-state index in [0.29, 0.717) is 11.1 Å². The number of nitro benzene ring substituents is 1. The molecule has 0 saturated carbocycles. The largest absolute Gasteiger partial charge is 0.454 e. The van der Waals surface area contributed by atoms with Crippen LogP contribution in [0.15, 0.2) is 78.9 Å². The molecular formula is C22H17NO5. The monoisotopic (exact) mass is 375 g/mol. The molecule has 0 spiro atoms. The molecule has 28 heavy (non-hydrogen) atoms. The van der Waals surface area contributed by atoms with E-state index in [1.807, 2.05) is 0 Å². The molecule has 0 heterocycles. The molecule has 0 bridgehead atoms. The van der Waals surface area contributed by atoms with E-state index in [1.54, 1.807) is 61.5 Å². The highest BCUT2D eigenvalue weighted by Gasteiger charge is 2.21. The van der Waals surface area contributed by atoms with Gasteiger partial charge in [-0.15, -0.1) is 0 Å². The number of hydrogen-bond donors (Lipinski definition) is 0. The minimum Gasteiger partial charge on any atom is -0.454 e. The molecule has 0 fully saturated rings. The second-order valence-corrected chi connectivity index (χ2v) is 6.14. The Morgan fingerprint density at radius 1 is 0.893 bits per heavy atom. The Morgan fingerprint density at radius 2 is 1.54 bits per heavy atom. The fourth-order valence-corrected chi connectivity index (χ4v) is 2.79. The van der Waals surface area contributed by atoms with Gasteiger partial charge in [0.15, 0.2) is 5.78 Å². The van der Waals surface area contributed by atoms with E-state index in [-0.39, 0.29) is 22.6 Å². The van der Waals surface area contributed by atoms with Crippen LogP contribution in [0, 0.1) is 10.1 Å². The van der Waals surface area contributed by atoms with Gasteiger partial charge in [-0.05, 0) is 18.6 Å². The maximum atomic E-state index is 12.8. The molecule has 140 valence electrons. The summed E-state index contributed by atoms with van der Waals surface area (Å²) in [5.41, 5.74) is 1.27. The number of rotatable bonds is 6. The number of benzene rings is 3. The van der Waals surface area contributed by atoms with Crippen LogP contribution >= 0.6 is 0 Å². The molecule has 0 amide bonds. The van der Waals surface area contributed by atoms with Gasteiger partial charge in [-0.3, -0.25) is 14.9 Å². The van der Waals surface area contributed by atoms with Crippen LogP contribution in [0.1, 0.15) is 44.9 Å². The lowest BCUT2D eigenvalue weighted by atomic mass is 9.98. The molecule has 0 saturated heterocycles. The Bertz CT molecular complexity index is 1030. The normalized spacial score (nSPS) is 11.5. The van der Waals surface area contributed by atoms with Crippen molar-refractivity contribution in [3.8, 4) is 0 Å². The molecular weight excluding hydrogens is 358 g/mol. The first-order chi connectivity index (χ1) is 13.5. The molecule has 3 aromatic carbocycles. The molecule has 6 heteroatoms. The first kappa shape index (κ1) is 19.0. The molecule has 6 nitrogen and oxygen atoms in total. The van der Waals surface area contributed by atoms with Crippen molar-refractivity contribution in [1.29, 1.82) is 0 Å². The zero-order valence-corrected chi connectivity index (χ0v) is 15.1. The van der Waals surface area contributed by atoms with Gasteiger partial charge in [0.1, 0.15) is 6.10 Å². The number of carbonyl (C=O) groups excluding carboxylic acids is 2. The second kappa shape index (κ2) is 8.26. The van der Waals surface area contributed by atoms with Gasteiger partial charge >= 0.3 is 5.97 Å². The van der Waals surface area contributed by atoms with Crippen LogP contribution < -0.4 is 0 Å². The molecule has 0 aromatic heterocycles. The summed E-state index contributed by atoms with van der Waals surface area (Å²) >= 11 is 0. The molecule has 0 radical (unpaired) electrons. The van der Waals surface area contributed by atoms with Crippen molar-refractivity contribution < 1.29 is 19.2 Å². The number of hydrogen-bond acceptors (Lipinski definition) is 5. The van der Waals surface area contributed by atoms with Gasteiger partial charge in [0.25, 0.3) is 5.69 Å². The van der Waals surface area contributed by atoms with Gasteiger partial charge in [-0.2, -0.15) is 0 Å². The van der Waals surface area contributed by atoms with E-state index in [2.05, 4.69) is 0 Å². The van der Waals surface area contributed by atoms with Crippen LogP contribution in [0.25, 0.3) is 0 Å². The van der Waals surface area contributed by atoms with E-state index in [9.17, 15) is 19.7 Å². The Hall–Kier alpha value is -3.80. The number of nitrogens with zero attached hydrogens (tertiary/aromatic N) is 1. The number of non-ortho nitro benzene ring substituents is 1. The summed E-state index contributed by atoms with van der Waals surface area (Å²) < 4.78 is 5.47. The number of ketones is 1. The third kappa shape index (κ3) is 4.12. The van der Waals surface area contributed by atoms with Crippen molar-refractivity contribution in [3.63, 3.8) is 0 Å². The van der Waals surface area contributed by atoms with Crippen LogP contribution in [-0.4, -0.2) is 16.7 Å². The Labute approximate surface area is 161 Å². The highest BCUT2D eigenvalue weighted by Crippen LogP contribution is 2.24. The van der Waals surface area contributed by atoms with Crippen molar-refractivity contribution in [2.75, 3.05) is 0 Å². The van der Waals surface area contributed by atoms with Crippen molar-refractivity contribution >= 4 is 17.4 Å². The van der Waals surface area contributed by atoms with Crippen molar-refractivity contribution in [1.82, 2.24) is 0 Å². The van der Waals surface area contributed by atoms with E-state index < -0.39 is 17.0 Å². The van der Waals surface area contributed by atoms with E-state index >= 15 is 0 Å². The second-order valence-electron chi connectivity index (χ2n) is 6.14. The van der Waals surface area contributed by atoms with Gasteiger partial charge in [0, 0.05) is 23.3 Å². The molecule has 0 aliphatic carbocycles. The first-order valence-corrected chi connectivity index (χ1v) is 8.61. The third-order valence-corrected chi connectivity index (χ3v) is 4.26. The summed E-state index contributed by atoms with van der Waals surface area (Å²) in [6, 6.07) is 21.0. The molecule has 3 aromatic rings. The summed E-state index contributed by atoms with van der Waals surface area (Å²) in [6.07, 6.45) is -0.715. The number of nitro groups is 1. The summed E-state index contributed by atoms with van der Waals surface area (Å²) in [4.78, 5) is 35.9. The topological polar surface area (TPSA) is 86.5 Å². The van der Waals surface area contributed by atoms with Gasteiger partial charge in [0.05, 0.1) is 10.5 Å². The summed E-state index contributed by atoms with van der Waals surface area (Å²) in [6.45, 7) is 1.62. The van der Waals surface area contributed by atoms with Crippen molar-refractivity contribution in [2.24, 2.45) is 0 Å². The Balaban J connectivity index is 1.85. The molecule has 3 rings (SSSR count). The maximum absolute atomic E-state index is 12.8. The van der Waals surface area contributed by atoms with Crippen LogP contribution in [-0.2, 0) is 4.74 Å². The number of carbonyl (C=O) groups is 2. The minimum absolute atomic E-state index is 0.0833. The summed E-state index contributed by atoms with van der Waals surface area (Å²) in [5.74, 6) is -0.949. The lowest BCUT2D eigenvalue weighted by Gasteiger charge is -2.15. The standard InChI is InChI=1S/C22H17NO5/c1-15(17-10-7-11-18(14-17)23(26)27)28-22(25)20-13-6-5-12-19(20)21(24)16-8-3-2-4-9-16/h2-15H,1H3. The zero-order valence-electron chi connectivity index (χ0n) is 15.1. The highest BCUT2D eigenvalue weighted by molar-refractivity contribution is 6.14. The maximum Gasteiger partial charge on any atom is 0.339 e. The number of esters is 1. The van der Waals surface area contributed by atoms with Crippen molar-refractivity contribution in [3.05, 3.63) is 111 Å². The van der Waals surface area contributed by atoms with E-state index in [4.69, 9.17) is 4.74 Å². The predicted molar refractivity (Wildman–Crippen MR) is 103 cm³/mol. The summed E-state index contributed by atoms with van der Waals surface area (Å²) in [5, 5.41) is 10.9. The van der Waals surface area contributed by atoms with E-state index in [1.165, 1.54) is 24.3 Å². The molecule has 0 aliphatic rings. The minimum atomic E-state index is -0.715. The van der Waals surface area contributed by atoms with E-state index in [0.717, 1.165) is 0 Å². The molecule has 0 N–H and O–H groups in total. The lowest BCUT2D eigenvalue weighted by molar-refractivity contribution is -0.385. The molecule has 0 aliphatic heterocycles. The Kier molecular flexibility index (Phi) is 5.60. The van der Waals surface area contributed by atoms with Crippen LogP contribution in [0.3, 0.4) is 0 Å². The predicted octanol–water partition coefficient (Wildman–Crippen LogP) is 4.74. The zero-order chi connectivity index (χ0) is 20.1. The smallest absolute Gasteiger partial charge is 0.339 e. The van der Waals surface area contributed by atoms with Gasteiger partial charge in [-0.1, -0.05) is 60.7 Å². The van der Waals surface area contributed by atoms with Crippen LogP contribution in [0.4, 0.5) is 5.69 Å². The van der Waals surface area contributed by atoms with Gasteiger partial charge in [0.2, 0.25) is 0 Å². The molecule has 1 unspecified atom stereocenters.